The number of carbonyl (C=O) groups excluding carboxylic acids is 2. The lowest BCUT2D eigenvalue weighted by molar-refractivity contribution is -0.115. The Morgan fingerprint density at radius 1 is 1.21 bits per heavy atom. The number of carbonyl (C=O) groups is 2. The fourth-order valence-corrected chi connectivity index (χ4v) is 4.33. The average molecular weight is 489 g/mol. The number of aromatic nitrogens is 1. The van der Waals surface area contributed by atoms with Crippen LogP contribution in [0.2, 0.25) is 5.02 Å². The molecule has 0 atom stereocenters. The molecule has 0 aliphatic heterocycles. The van der Waals surface area contributed by atoms with Crippen LogP contribution < -0.4 is 14.4 Å². The van der Waals surface area contributed by atoms with Crippen LogP contribution in [0.3, 0.4) is 0 Å². The number of methoxy groups -OCH3 is 1. The first-order valence-electron chi connectivity index (χ1n) is 10.3. The summed E-state index contributed by atoms with van der Waals surface area (Å²) in [6.45, 7) is 7.63. The maximum atomic E-state index is 12.6. The van der Waals surface area contributed by atoms with Gasteiger partial charge in [0.2, 0.25) is 5.91 Å². The van der Waals surface area contributed by atoms with E-state index >= 15 is 0 Å². The molecule has 1 aromatic heterocycles. The van der Waals surface area contributed by atoms with Crippen LogP contribution in [0.1, 0.15) is 41.0 Å². The Morgan fingerprint density at radius 2 is 1.97 bits per heavy atom. The van der Waals surface area contributed by atoms with Gasteiger partial charge < -0.3 is 14.2 Å². The summed E-state index contributed by atoms with van der Waals surface area (Å²) < 4.78 is 16.2. The van der Waals surface area contributed by atoms with Crippen molar-refractivity contribution in [2.24, 2.45) is 0 Å². The number of amides is 1. The standard InChI is InChI=1S/C24H25ClN2O5S/c1-6-31-22-19(25)10-17(11-21(22)30-5)23(29)32-12-18-13-33-24(26-18)27(16(4)28)20-9-7-8-14(2)15(20)3/h7-11,13H,6,12H2,1-5H3. The van der Waals surface area contributed by atoms with Crippen LogP contribution >= 0.6 is 22.9 Å². The molecular formula is C24H25ClN2O5S. The zero-order valence-corrected chi connectivity index (χ0v) is 20.7. The number of hydrogen-bond acceptors (Lipinski definition) is 7. The van der Waals surface area contributed by atoms with Crippen LogP contribution in [0.25, 0.3) is 0 Å². The molecule has 7 nitrogen and oxygen atoms in total. The van der Waals surface area contributed by atoms with Crippen LogP contribution in [-0.2, 0) is 16.1 Å². The molecule has 0 unspecified atom stereocenters. The Labute approximate surface area is 201 Å². The van der Waals surface area contributed by atoms with Crippen molar-refractivity contribution in [1.82, 2.24) is 4.98 Å². The van der Waals surface area contributed by atoms with Crippen molar-refractivity contribution < 1.29 is 23.8 Å². The van der Waals surface area contributed by atoms with Crippen LogP contribution in [0.4, 0.5) is 10.8 Å². The topological polar surface area (TPSA) is 78.0 Å². The molecule has 0 aliphatic carbocycles. The van der Waals surface area contributed by atoms with E-state index < -0.39 is 5.97 Å². The summed E-state index contributed by atoms with van der Waals surface area (Å²) in [6, 6.07) is 8.77. The van der Waals surface area contributed by atoms with Gasteiger partial charge >= 0.3 is 5.97 Å². The molecule has 9 heteroatoms. The van der Waals surface area contributed by atoms with Crippen molar-refractivity contribution in [3.05, 3.63) is 63.1 Å². The third-order valence-corrected chi connectivity index (χ3v) is 6.12. The predicted octanol–water partition coefficient (Wildman–Crippen LogP) is 5.86. The van der Waals surface area contributed by atoms with Gasteiger partial charge in [0.05, 0.1) is 35.7 Å². The van der Waals surface area contributed by atoms with E-state index in [1.807, 2.05) is 39.0 Å². The first-order valence-corrected chi connectivity index (χ1v) is 11.5. The number of nitrogens with zero attached hydrogens (tertiary/aromatic N) is 2. The van der Waals surface area contributed by atoms with Crippen molar-refractivity contribution in [2.75, 3.05) is 18.6 Å². The minimum Gasteiger partial charge on any atom is -0.493 e. The summed E-state index contributed by atoms with van der Waals surface area (Å²) >= 11 is 7.55. The molecule has 0 radical (unpaired) electrons. The SMILES string of the molecule is CCOc1c(Cl)cc(C(=O)OCc2csc(N(C(C)=O)c3cccc(C)c3C)n2)cc1OC. The largest absolute Gasteiger partial charge is 0.493 e. The molecule has 0 bridgehead atoms. The lowest BCUT2D eigenvalue weighted by Gasteiger charge is -2.21. The van der Waals surface area contributed by atoms with Crippen LogP contribution in [0, 0.1) is 13.8 Å². The van der Waals surface area contributed by atoms with Crippen LogP contribution in [0.15, 0.2) is 35.7 Å². The lowest BCUT2D eigenvalue weighted by atomic mass is 10.1. The second-order valence-electron chi connectivity index (χ2n) is 7.19. The zero-order valence-electron chi connectivity index (χ0n) is 19.1. The van der Waals surface area contributed by atoms with Crippen molar-refractivity contribution in [2.45, 2.75) is 34.3 Å². The van der Waals surface area contributed by atoms with E-state index in [-0.39, 0.29) is 23.1 Å². The Morgan fingerprint density at radius 3 is 2.64 bits per heavy atom. The van der Waals surface area contributed by atoms with E-state index in [4.69, 9.17) is 25.8 Å². The maximum absolute atomic E-state index is 12.6. The third-order valence-electron chi connectivity index (χ3n) is 4.97. The molecule has 1 heterocycles. The van der Waals surface area contributed by atoms with Crippen molar-refractivity contribution in [3.63, 3.8) is 0 Å². The quantitative estimate of drug-likeness (QED) is 0.369. The van der Waals surface area contributed by atoms with Crippen molar-refractivity contribution in [1.29, 1.82) is 0 Å². The number of halogens is 1. The first kappa shape index (κ1) is 24.5. The van der Waals surface area contributed by atoms with E-state index in [1.165, 1.54) is 37.5 Å². The number of benzene rings is 2. The number of thiazole rings is 1. The highest BCUT2D eigenvalue weighted by Crippen LogP contribution is 2.37. The van der Waals surface area contributed by atoms with Gasteiger partial charge in [0, 0.05) is 12.3 Å². The van der Waals surface area contributed by atoms with Crippen LogP contribution in [-0.4, -0.2) is 30.6 Å². The van der Waals surface area contributed by atoms with Gasteiger partial charge in [0.15, 0.2) is 16.6 Å². The summed E-state index contributed by atoms with van der Waals surface area (Å²) in [5.74, 6) is -0.0144. The van der Waals surface area contributed by atoms with E-state index in [9.17, 15) is 9.59 Å². The summed E-state index contributed by atoms with van der Waals surface area (Å²) in [5, 5.41) is 2.52. The molecule has 0 saturated carbocycles. The van der Waals surface area contributed by atoms with Gasteiger partial charge in [-0.3, -0.25) is 9.69 Å². The van der Waals surface area contributed by atoms with E-state index in [2.05, 4.69) is 4.98 Å². The van der Waals surface area contributed by atoms with E-state index in [0.29, 0.717) is 28.9 Å². The number of rotatable bonds is 8. The monoisotopic (exact) mass is 488 g/mol. The summed E-state index contributed by atoms with van der Waals surface area (Å²) in [5.41, 5.74) is 3.61. The summed E-state index contributed by atoms with van der Waals surface area (Å²) in [6.07, 6.45) is 0. The fourth-order valence-electron chi connectivity index (χ4n) is 3.20. The number of anilines is 2. The molecule has 0 spiro atoms. The zero-order chi connectivity index (χ0) is 24.1. The number of esters is 1. The molecule has 3 aromatic rings. The highest BCUT2D eigenvalue weighted by atomic mass is 35.5. The normalized spacial score (nSPS) is 10.6. The van der Waals surface area contributed by atoms with E-state index in [1.54, 1.807) is 10.3 Å². The fraction of sp³-hybridized carbons (Fsp3) is 0.292. The second kappa shape index (κ2) is 10.7. The van der Waals surface area contributed by atoms with Crippen molar-refractivity contribution >= 4 is 45.6 Å². The molecular weight excluding hydrogens is 464 g/mol. The Balaban J connectivity index is 1.77. The molecule has 1 amide bonds. The number of ether oxygens (including phenoxy) is 3. The molecule has 0 N–H and O–H groups in total. The van der Waals surface area contributed by atoms with Gasteiger partial charge in [-0.15, -0.1) is 11.3 Å². The Kier molecular flexibility index (Phi) is 7.94. The molecule has 174 valence electrons. The van der Waals surface area contributed by atoms with Gasteiger partial charge in [-0.05, 0) is 50.1 Å². The minimum atomic E-state index is -0.578. The maximum Gasteiger partial charge on any atom is 0.338 e. The molecule has 33 heavy (non-hydrogen) atoms. The summed E-state index contributed by atoms with van der Waals surface area (Å²) in [7, 11) is 1.47. The predicted molar refractivity (Wildman–Crippen MR) is 129 cm³/mol. The molecule has 0 fully saturated rings. The highest BCUT2D eigenvalue weighted by molar-refractivity contribution is 7.14. The van der Waals surface area contributed by atoms with Gasteiger partial charge in [-0.1, -0.05) is 23.7 Å². The molecule has 3 rings (SSSR count). The first-order chi connectivity index (χ1) is 15.8. The molecule has 0 aliphatic rings. The average Bonchev–Trinajstić information content (AvgIpc) is 3.24. The summed E-state index contributed by atoms with van der Waals surface area (Å²) in [4.78, 5) is 31.1. The third kappa shape index (κ3) is 5.46. The molecule has 0 saturated heterocycles. The Bertz CT molecular complexity index is 1180. The minimum absolute atomic E-state index is 0.0545. The lowest BCUT2D eigenvalue weighted by Crippen LogP contribution is -2.23. The molecule has 2 aromatic carbocycles. The highest BCUT2D eigenvalue weighted by Gasteiger charge is 2.21. The smallest absolute Gasteiger partial charge is 0.338 e. The number of aryl methyl sites for hydroxylation is 1. The van der Waals surface area contributed by atoms with Crippen LogP contribution in [0.5, 0.6) is 11.5 Å². The van der Waals surface area contributed by atoms with Gasteiger partial charge in [-0.25, -0.2) is 9.78 Å². The van der Waals surface area contributed by atoms with Gasteiger partial charge in [0.1, 0.15) is 6.61 Å². The van der Waals surface area contributed by atoms with E-state index in [0.717, 1.165) is 16.8 Å². The van der Waals surface area contributed by atoms with Gasteiger partial charge in [0.25, 0.3) is 0 Å². The second-order valence-corrected chi connectivity index (χ2v) is 8.44. The van der Waals surface area contributed by atoms with Crippen molar-refractivity contribution in [3.8, 4) is 11.5 Å². The van der Waals surface area contributed by atoms with Gasteiger partial charge in [-0.2, -0.15) is 0 Å². The number of hydrogen-bond donors (Lipinski definition) is 0. The Hall–Kier alpha value is -3.10.